The molecular weight excluding hydrogens is 258 g/mol. The maximum atomic E-state index is 11.8. The predicted octanol–water partition coefficient (Wildman–Crippen LogP) is 1.69. The Morgan fingerprint density at radius 3 is 2.40 bits per heavy atom. The Bertz CT molecular complexity index is 391. The lowest BCUT2D eigenvalue weighted by molar-refractivity contribution is -0.135. The normalized spacial score (nSPS) is 10.6. The molecule has 1 aromatic carbocycles. The molecule has 0 heterocycles. The molecule has 1 N–H and O–H groups in total. The lowest BCUT2D eigenvalue weighted by Gasteiger charge is -2.18. The summed E-state index contributed by atoms with van der Waals surface area (Å²) in [5.74, 6) is 0.969. The van der Waals surface area contributed by atoms with Crippen LogP contribution < -0.4 is 9.47 Å². The van der Waals surface area contributed by atoms with Gasteiger partial charge in [0.2, 0.25) is 0 Å². The number of nitrogens with zero attached hydrogens (tertiary/aromatic N) is 1. The number of hydrogen-bond donors (Lipinski definition) is 1. The molecule has 5 nitrogen and oxygen atoms in total. The molecule has 0 unspecified atom stereocenters. The standard InChI is InChI=1S/C15H23NO4/c1-3-16(10-5-11-17)12-15(18)20-14-8-6-13(7-9-14)19-4-2/h6-9,17H,3-5,10-12H2,1-2H3. The van der Waals surface area contributed by atoms with Crippen LogP contribution >= 0.6 is 0 Å². The number of likely N-dealkylation sites (N-methyl/N-ethyl adjacent to an activating group) is 1. The Morgan fingerprint density at radius 2 is 1.85 bits per heavy atom. The summed E-state index contributed by atoms with van der Waals surface area (Å²) >= 11 is 0. The van der Waals surface area contributed by atoms with Gasteiger partial charge in [-0.25, -0.2) is 0 Å². The highest BCUT2D eigenvalue weighted by atomic mass is 16.5. The van der Waals surface area contributed by atoms with Gasteiger partial charge in [0, 0.05) is 13.2 Å². The second-order valence-corrected chi connectivity index (χ2v) is 4.32. The number of benzene rings is 1. The van der Waals surface area contributed by atoms with Crippen LogP contribution in [0.5, 0.6) is 11.5 Å². The van der Waals surface area contributed by atoms with Crippen molar-refractivity contribution in [2.75, 3.05) is 32.8 Å². The minimum atomic E-state index is -0.297. The van der Waals surface area contributed by atoms with E-state index in [-0.39, 0.29) is 19.1 Å². The average molecular weight is 281 g/mol. The van der Waals surface area contributed by atoms with Crippen LogP contribution in [0.1, 0.15) is 20.3 Å². The molecule has 0 aliphatic heterocycles. The largest absolute Gasteiger partial charge is 0.494 e. The van der Waals surface area contributed by atoms with Gasteiger partial charge in [0.15, 0.2) is 0 Å². The first kappa shape index (κ1) is 16.5. The fourth-order valence-electron chi connectivity index (χ4n) is 1.76. The maximum Gasteiger partial charge on any atom is 0.325 e. The van der Waals surface area contributed by atoms with Gasteiger partial charge in [0.05, 0.1) is 13.2 Å². The monoisotopic (exact) mass is 281 g/mol. The smallest absolute Gasteiger partial charge is 0.325 e. The van der Waals surface area contributed by atoms with Crippen molar-refractivity contribution in [1.82, 2.24) is 4.90 Å². The molecule has 0 saturated heterocycles. The summed E-state index contributed by atoms with van der Waals surface area (Å²) in [6.07, 6.45) is 0.657. The number of aliphatic hydroxyl groups excluding tert-OH is 1. The number of rotatable bonds is 9. The number of carbonyl (C=O) groups excluding carboxylic acids is 1. The van der Waals surface area contributed by atoms with Gasteiger partial charge in [0.25, 0.3) is 0 Å². The molecule has 0 atom stereocenters. The minimum absolute atomic E-state index is 0.129. The van der Waals surface area contributed by atoms with Crippen molar-refractivity contribution < 1.29 is 19.4 Å². The molecule has 0 radical (unpaired) electrons. The maximum absolute atomic E-state index is 11.8. The average Bonchev–Trinajstić information content (AvgIpc) is 2.45. The van der Waals surface area contributed by atoms with Crippen LogP contribution in [0.2, 0.25) is 0 Å². The molecule has 1 aromatic rings. The van der Waals surface area contributed by atoms with E-state index in [2.05, 4.69) is 0 Å². The zero-order chi connectivity index (χ0) is 14.8. The van der Waals surface area contributed by atoms with Gasteiger partial charge in [0.1, 0.15) is 11.5 Å². The van der Waals surface area contributed by atoms with E-state index >= 15 is 0 Å². The number of esters is 1. The van der Waals surface area contributed by atoms with E-state index in [1.807, 2.05) is 18.7 Å². The van der Waals surface area contributed by atoms with Crippen molar-refractivity contribution in [3.8, 4) is 11.5 Å². The fraction of sp³-hybridized carbons (Fsp3) is 0.533. The molecular formula is C15H23NO4. The molecule has 20 heavy (non-hydrogen) atoms. The minimum Gasteiger partial charge on any atom is -0.494 e. The predicted molar refractivity (Wildman–Crippen MR) is 77.1 cm³/mol. The Kier molecular flexibility index (Phi) is 7.69. The molecule has 0 bridgehead atoms. The third kappa shape index (κ3) is 6.04. The van der Waals surface area contributed by atoms with Crippen molar-refractivity contribution in [3.63, 3.8) is 0 Å². The van der Waals surface area contributed by atoms with Crippen LogP contribution in [-0.2, 0) is 4.79 Å². The second kappa shape index (κ2) is 9.34. The summed E-state index contributed by atoms with van der Waals surface area (Å²) in [6.45, 7) is 6.29. The van der Waals surface area contributed by atoms with E-state index < -0.39 is 0 Å². The van der Waals surface area contributed by atoms with Gasteiger partial charge in [-0.2, -0.15) is 0 Å². The lowest BCUT2D eigenvalue weighted by atomic mass is 10.3. The quantitative estimate of drug-likeness (QED) is 0.551. The first-order chi connectivity index (χ1) is 9.69. The second-order valence-electron chi connectivity index (χ2n) is 4.32. The molecule has 0 aliphatic carbocycles. The van der Waals surface area contributed by atoms with E-state index in [1.165, 1.54) is 0 Å². The van der Waals surface area contributed by atoms with Crippen molar-refractivity contribution in [2.45, 2.75) is 20.3 Å². The van der Waals surface area contributed by atoms with Crippen LogP contribution in [0.15, 0.2) is 24.3 Å². The fourth-order valence-corrected chi connectivity index (χ4v) is 1.76. The molecule has 0 fully saturated rings. The third-order valence-corrected chi connectivity index (χ3v) is 2.80. The Balaban J connectivity index is 2.44. The van der Waals surface area contributed by atoms with Gasteiger partial charge < -0.3 is 14.6 Å². The van der Waals surface area contributed by atoms with Gasteiger partial charge in [-0.1, -0.05) is 6.92 Å². The van der Waals surface area contributed by atoms with Crippen LogP contribution in [-0.4, -0.2) is 48.8 Å². The summed E-state index contributed by atoms with van der Waals surface area (Å²) in [4.78, 5) is 13.7. The topological polar surface area (TPSA) is 59.0 Å². The number of ether oxygens (including phenoxy) is 2. The van der Waals surface area contributed by atoms with Crippen molar-refractivity contribution in [2.24, 2.45) is 0 Å². The Hall–Kier alpha value is -1.59. The van der Waals surface area contributed by atoms with Crippen LogP contribution in [0.25, 0.3) is 0 Å². The summed E-state index contributed by atoms with van der Waals surface area (Å²) in [5, 5.41) is 8.79. The van der Waals surface area contributed by atoms with Crippen molar-refractivity contribution in [3.05, 3.63) is 24.3 Å². The number of carbonyl (C=O) groups is 1. The van der Waals surface area contributed by atoms with Crippen LogP contribution in [0.4, 0.5) is 0 Å². The highest BCUT2D eigenvalue weighted by Gasteiger charge is 2.10. The van der Waals surface area contributed by atoms with Crippen molar-refractivity contribution in [1.29, 1.82) is 0 Å². The van der Waals surface area contributed by atoms with Crippen molar-refractivity contribution >= 4 is 5.97 Å². The molecule has 0 saturated carbocycles. The molecule has 112 valence electrons. The first-order valence-electron chi connectivity index (χ1n) is 6.96. The summed E-state index contributed by atoms with van der Waals surface area (Å²) < 4.78 is 10.6. The zero-order valence-electron chi connectivity index (χ0n) is 12.2. The van der Waals surface area contributed by atoms with E-state index in [1.54, 1.807) is 24.3 Å². The van der Waals surface area contributed by atoms with Crippen LogP contribution in [0, 0.1) is 0 Å². The number of hydrogen-bond acceptors (Lipinski definition) is 5. The molecule has 0 aromatic heterocycles. The van der Waals surface area contributed by atoms with Crippen LogP contribution in [0.3, 0.4) is 0 Å². The van der Waals surface area contributed by atoms with E-state index in [0.29, 0.717) is 25.3 Å². The highest BCUT2D eigenvalue weighted by Crippen LogP contribution is 2.17. The van der Waals surface area contributed by atoms with Gasteiger partial charge in [-0.3, -0.25) is 9.69 Å². The van der Waals surface area contributed by atoms with Gasteiger partial charge in [-0.05, 0) is 44.2 Å². The summed E-state index contributed by atoms with van der Waals surface area (Å²) in [7, 11) is 0. The molecule has 1 rings (SSSR count). The summed E-state index contributed by atoms with van der Waals surface area (Å²) in [5.41, 5.74) is 0. The van der Waals surface area contributed by atoms with E-state index in [0.717, 1.165) is 12.3 Å². The SMILES string of the molecule is CCOc1ccc(OC(=O)CN(CC)CCCO)cc1. The number of aliphatic hydroxyl groups is 1. The first-order valence-corrected chi connectivity index (χ1v) is 6.96. The molecule has 5 heteroatoms. The van der Waals surface area contributed by atoms with Gasteiger partial charge >= 0.3 is 5.97 Å². The highest BCUT2D eigenvalue weighted by molar-refractivity contribution is 5.74. The Labute approximate surface area is 120 Å². The summed E-state index contributed by atoms with van der Waals surface area (Å²) in [6, 6.07) is 6.98. The van der Waals surface area contributed by atoms with E-state index in [4.69, 9.17) is 14.6 Å². The molecule has 0 spiro atoms. The zero-order valence-corrected chi connectivity index (χ0v) is 12.2. The third-order valence-electron chi connectivity index (χ3n) is 2.80. The van der Waals surface area contributed by atoms with Gasteiger partial charge in [-0.15, -0.1) is 0 Å². The Morgan fingerprint density at radius 1 is 1.20 bits per heavy atom. The van der Waals surface area contributed by atoms with E-state index in [9.17, 15) is 4.79 Å². The molecule has 0 amide bonds. The lowest BCUT2D eigenvalue weighted by Crippen LogP contribution is -2.33. The molecule has 0 aliphatic rings.